The zero-order valence-electron chi connectivity index (χ0n) is 21.5. The monoisotopic (exact) mass is 500 g/mol. The molecular formula is C32H28N4O2. The van der Waals surface area contributed by atoms with Crippen LogP contribution in [0.5, 0.6) is 0 Å². The third kappa shape index (κ3) is 3.56. The van der Waals surface area contributed by atoms with Crippen LogP contribution in [0.1, 0.15) is 27.0 Å². The maximum atomic E-state index is 13.9. The molecule has 1 N–H and O–H groups in total. The quantitative estimate of drug-likeness (QED) is 0.290. The van der Waals surface area contributed by atoms with Gasteiger partial charge in [0.25, 0.3) is 0 Å². The molecule has 0 spiro atoms. The Balaban J connectivity index is 1.36. The Morgan fingerprint density at radius 2 is 1.50 bits per heavy atom. The van der Waals surface area contributed by atoms with Crippen molar-refractivity contribution in [2.45, 2.75) is 13.8 Å². The van der Waals surface area contributed by atoms with Crippen LogP contribution in [0, 0.1) is 13.8 Å². The first-order chi connectivity index (χ1) is 18.6. The molecule has 5 aromatic rings. The number of hydrogen-bond acceptors (Lipinski definition) is 6. The van der Waals surface area contributed by atoms with Crippen LogP contribution in [0.3, 0.4) is 0 Å². The van der Waals surface area contributed by atoms with E-state index in [1.807, 2.05) is 30.3 Å². The summed E-state index contributed by atoms with van der Waals surface area (Å²) in [7, 11) is 0. The molecular weight excluding hydrogens is 472 g/mol. The normalized spacial score (nSPS) is 14.6. The Kier molecular flexibility index (Phi) is 5.22. The lowest BCUT2D eigenvalue weighted by molar-refractivity contribution is 0.104. The van der Waals surface area contributed by atoms with E-state index in [1.54, 1.807) is 0 Å². The molecule has 2 aliphatic rings. The second kappa shape index (κ2) is 8.77. The molecule has 7 rings (SSSR count). The Morgan fingerprint density at radius 3 is 2.29 bits per heavy atom. The van der Waals surface area contributed by atoms with Crippen LogP contribution in [-0.2, 0) is 0 Å². The molecule has 0 unspecified atom stereocenters. The van der Waals surface area contributed by atoms with Gasteiger partial charge in [-0.3, -0.25) is 4.79 Å². The maximum Gasteiger partial charge on any atom is 0.196 e. The van der Waals surface area contributed by atoms with E-state index in [0.717, 1.165) is 70.8 Å². The molecule has 0 radical (unpaired) electrons. The Morgan fingerprint density at radius 1 is 0.789 bits per heavy atom. The highest BCUT2D eigenvalue weighted by Crippen LogP contribution is 2.46. The van der Waals surface area contributed by atoms with Crippen LogP contribution < -0.4 is 15.1 Å². The summed E-state index contributed by atoms with van der Waals surface area (Å²) < 4.78 is 5.97. The van der Waals surface area contributed by atoms with Crippen molar-refractivity contribution in [1.82, 2.24) is 5.16 Å². The average molecular weight is 501 g/mol. The van der Waals surface area contributed by atoms with Crippen molar-refractivity contribution in [2.24, 2.45) is 0 Å². The van der Waals surface area contributed by atoms with Gasteiger partial charge in [0.15, 0.2) is 11.5 Å². The van der Waals surface area contributed by atoms with Gasteiger partial charge in [-0.05, 0) is 49.2 Å². The number of hydrogen-bond donors (Lipinski definition) is 1. The van der Waals surface area contributed by atoms with Gasteiger partial charge in [-0.25, -0.2) is 0 Å². The van der Waals surface area contributed by atoms with E-state index >= 15 is 0 Å². The van der Waals surface area contributed by atoms with Gasteiger partial charge in [-0.2, -0.15) is 0 Å². The lowest BCUT2D eigenvalue weighted by Gasteiger charge is -2.37. The van der Waals surface area contributed by atoms with Crippen LogP contribution >= 0.6 is 0 Å². The summed E-state index contributed by atoms with van der Waals surface area (Å²) in [5.41, 5.74) is 9.11. The van der Waals surface area contributed by atoms with E-state index < -0.39 is 0 Å². The number of benzene rings is 4. The Bertz CT molecular complexity index is 1700. The minimum atomic E-state index is -0.00504. The first-order valence-corrected chi connectivity index (χ1v) is 13.1. The minimum absolute atomic E-state index is 0.00504. The fourth-order valence-corrected chi connectivity index (χ4v) is 5.74. The summed E-state index contributed by atoms with van der Waals surface area (Å²) in [6.07, 6.45) is 0. The molecule has 2 heterocycles. The summed E-state index contributed by atoms with van der Waals surface area (Å²) >= 11 is 0. The molecule has 1 aromatic heterocycles. The lowest BCUT2D eigenvalue weighted by atomic mass is 9.86. The van der Waals surface area contributed by atoms with Crippen LogP contribution in [-0.4, -0.2) is 37.1 Å². The van der Waals surface area contributed by atoms with E-state index in [2.05, 4.69) is 82.7 Å². The first kappa shape index (κ1) is 22.6. The van der Waals surface area contributed by atoms with Gasteiger partial charge < -0.3 is 19.6 Å². The SMILES string of the molecule is Cc1ccc(C)c(Nc2cc(N3CCN(c4ccccc4)CC3)c3noc4c3c2C(=O)c2ccccc2-4)c1. The molecule has 38 heavy (non-hydrogen) atoms. The summed E-state index contributed by atoms with van der Waals surface area (Å²) in [6.45, 7) is 7.66. The Labute approximate surface area is 221 Å². The number of para-hydroxylation sites is 1. The van der Waals surface area contributed by atoms with Crippen LogP contribution in [0.2, 0.25) is 0 Å². The number of nitrogens with zero attached hydrogens (tertiary/aromatic N) is 3. The Hall–Kier alpha value is -4.58. The zero-order valence-corrected chi connectivity index (χ0v) is 21.5. The maximum absolute atomic E-state index is 13.9. The van der Waals surface area contributed by atoms with Crippen LogP contribution in [0.15, 0.2) is 83.4 Å². The fourth-order valence-electron chi connectivity index (χ4n) is 5.74. The predicted molar refractivity (Wildman–Crippen MR) is 153 cm³/mol. The van der Waals surface area contributed by atoms with Gasteiger partial charge >= 0.3 is 0 Å². The molecule has 6 nitrogen and oxygen atoms in total. The highest BCUT2D eigenvalue weighted by molar-refractivity contribution is 6.28. The van der Waals surface area contributed by atoms with Gasteiger partial charge in [0.1, 0.15) is 5.52 Å². The second-order valence-electron chi connectivity index (χ2n) is 10.2. The summed E-state index contributed by atoms with van der Waals surface area (Å²) in [6, 6.07) is 26.6. The second-order valence-corrected chi connectivity index (χ2v) is 10.2. The van der Waals surface area contributed by atoms with Gasteiger partial charge in [-0.15, -0.1) is 0 Å². The number of nitrogens with one attached hydrogen (secondary N) is 1. The topological polar surface area (TPSA) is 61.6 Å². The fraction of sp³-hybridized carbons (Fsp3) is 0.188. The molecule has 1 fully saturated rings. The molecule has 0 atom stereocenters. The summed E-state index contributed by atoms with van der Waals surface area (Å²) in [4.78, 5) is 18.7. The van der Waals surface area contributed by atoms with Crippen molar-refractivity contribution < 1.29 is 9.32 Å². The smallest absolute Gasteiger partial charge is 0.196 e. The van der Waals surface area contributed by atoms with Crippen molar-refractivity contribution in [1.29, 1.82) is 0 Å². The molecule has 0 saturated carbocycles. The van der Waals surface area contributed by atoms with Crippen molar-refractivity contribution in [3.8, 4) is 11.3 Å². The van der Waals surface area contributed by atoms with Crippen molar-refractivity contribution in [3.05, 3.63) is 101 Å². The summed E-state index contributed by atoms with van der Waals surface area (Å²) in [5.74, 6) is 0.661. The van der Waals surface area contributed by atoms with Crippen LogP contribution in [0.25, 0.3) is 22.2 Å². The van der Waals surface area contributed by atoms with Gasteiger partial charge in [0.05, 0.1) is 22.3 Å². The van der Waals surface area contributed by atoms with Crippen LogP contribution in [0.4, 0.5) is 22.7 Å². The largest absolute Gasteiger partial charge is 0.368 e. The molecule has 0 bridgehead atoms. The number of aromatic nitrogens is 1. The number of rotatable bonds is 4. The molecule has 1 aliphatic carbocycles. The number of anilines is 4. The molecule has 4 aromatic carbocycles. The average Bonchev–Trinajstić information content (AvgIpc) is 3.40. The third-order valence-electron chi connectivity index (χ3n) is 7.78. The molecule has 0 amide bonds. The van der Waals surface area contributed by atoms with E-state index in [-0.39, 0.29) is 5.78 Å². The number of fused-ring (bicyclic) bond motifs is 2. The first-order valence-electron chi connectivity index (χ1n) is 13.1. The van der Waals surface area contributed by atoms with E-state index in [0.29, 0.717) is 16.9 Å². The zero-order chi connectivity index (χ0) is 25.8. The predicted octanol–water partition coefficient (Wildman–Crippen LogP) is 6.73. The van der Waals surface area contributed by atoms with Gasteiger partial charge in [0, 0.05) is 48.7 Å². The molecule has 6 heteroatoms. The van der Waals surface area contributed by atoms with E-state index in [9.17, 15) is 4.79 Å². The van der Waals surface area contributed by atoms with Gasteiger partial charge in [0.2, 0.25) is 0 Å². The number of carbonyl (C=O) groups is 1. The van der Waals surface area contributed by atoms with Gasteiger partial charge in [-0.1, -0.05) is 59.8 Å². The van der Waals surface area contributed by atoms with E-state index in [1.165, 1.54) is 5.69 Å². The van der Waals surface area contributed by atoms with Crippen molar-refractivity contribution in [3.63, 3.8) is 0 Å². The standard InChI is InChI=1S/C32H28N4O2/c1-20-12-13-21(2)25(18-20)33-26-19-27(36-16-14-35(15-17-36)22-8-4-3-5-9-22)30-29-28(26)31(37)23-10-6-7-11-24(23)32(29)38-34-30/h3-13,18-19,33H,14-17H2,1-2H3. The highest BCUT2D eigenvalue weighted by atomic mass is 16.5. The molecule has 1 saturated heterocycles. The molecule has 1 aliphatic heterocycles. The van der Waals surface area contributed by atoms with Crippen molar-refractivity contribution in [2.75, 3.05) is 41.3 Å². The number of ketones is 1. The molecule has 188 valence electrons. The number of carbonyl (C=O) groups excluding carboxylic acids is 1. The van der Waals surface area contributed by atoms with Crippen molar-refractivity contribution >= 4 is 39.4 Å². The third-order valence-corrected chi connectivity index (χ3v) is 7.78. The lowest BCUT2D eigenvalue weighted by Crippen LogP contribution is -2.46. The summed E-state index contributed by atoms with van der Waals surface area (Å²) in [5, 5.41) is 8.96. The minimum Gasteiger partial charge on any atom is -0.368 e. The number of aryl methyl sites for hydroxylation is 2. The van der Waals surface area contributed by atoms with E-state index in [4.69, 9.17) is 4.52 Å². The number of piperazine rings is 1. The highest BCUT2D eigenvalue weighted by Gasteiger charge is 2.34.